The van der Waals surface area contributed by atoms with Crippen LogP contribution in [0.15, 0.2) is 48.3 Å². The Morgan fingerprint density at radius 1 is 1.14 bits per heavy atom. The van der Waals surface area contributed by atoms with Crippen LogP contribution in [0.5, 0.6) is 6.01 Å². The first-order valence-electron chi connectivity index (χ1n) is 17.3. The molecule has 262 valence electrons. The molecular weight excluding hydrogens is 667 g/mol. The predicted molar refractivity (Wildman–Crippen MR) is 186 cm³/mol. The molecule has 0 spiro atoms. The lowest BCUT2D eigenvalue weighted by molar-refractivity contribution is -0.104. The highest BCUT2D eigenvalue weighted by atomic mass is 35.5. The van der Waals surface area contributed by atoms with Crippen molar-refractivity contribution < 1.29 is 22.7 Å². The molecule has 4 aliphatic heterocycles. The SMILES string of the molecule is CN[C@]1(c2nc(OC[C@@]34CCCN3C[C@H](F)C4)nc3c(F)c(-c4cccc5ccc(F)c(Cl)c45)ncc23)CCCN1C(=CC=O)[C@@H]1CCN1C. The van der Waals surface area contributed by atoms with Gasteiger partial charge in [-0.3, -0.25) is 24.9 Å². The summed E-state index contributed by atoms with van der Waals surface area (Å²) in [7, 11) is 3.86. The fraction of sp³-hybridized carbons (Fsp3) is 0.459. The summed E-state index contributed by atoms with van der Waals surface area (Å²) in [4.78, 5) is 32.8. The van der Waals surface area contributed by atoms with Crippen LogP contribution in [-0.2, 0) is 10.5 Å². The summed E-state index contributed by atoms with van der Waals surface area (Å²) in [6, 6.07) is 8.06. The third-order valence-electron chi connectivity index (χ3n) is 11.5. The zero-order valence-electron chi connectivity index (χ0n) is 28.1. The van der Waals surface area contributed by atoms with Gasteiger partial charge in [-0.2, -0.15) is 9.97 Å². The van der Waals surface area contributed by atoms with Crippen molar-refractivity contribution in [1.29, 1.82) is 0 Å². The van der Waals surface area contributed by atoms with Gasteiger partial charge < -0.3 is 9.64 Å². The molecule has 4 aromatic rings. The number of benzene rings is 2. The van der Waals surface area contributed by atoms with Gasteiger partial charge in [0, 0.05) is 54.3 Å². The Hall–Kier alpha value is -3.84. The molecule has 8 rings (SSSR count). The molecule has 4 saturated heterocycles. The number of ether oxygens (including phenoxy) is 1. The number of fused-ring (bicyclic) bond motifs is 3. The molecule has 6 heterocycles. The number of likely N-dealkylation sites (N-methyl/N-ethyl adjacent to an activating group) is 1. The van der Waals surface area contributed by atoms with E-state index >= 15 is 4.39 Å². The van der Waals surface area contributed by atoms with Gasteiger partial charge in [-0.05, 0) is 70.3 Å². The second-order valence-electron chi connectivity index (χ2n) is 14.0. The Labute approximate surface area is 293 Å². The Balaban J connectivity index is 1.31. The highest BCUT2D eigenvalue weighted by Gasteiger charge is 2.50. The molecule has 4 aliphatic rings. The molecule has 9 nitrogen and oxygen atoms in total. The number of carbonyl (C=O) groups excluding carboxylic acids is 1. The van der Waals surface area contributed by atoms with E-state index in [2.05, 4.69) is 30.0 Å². The number of aldehydes is 1. The number of carbonyl (C=O) groups is 1. The Morgan fingerprint density at radius 2 is 1.98 bits per heavy atom. The van der Waals surface area contributed by atoms with E-state index in [4.69, 9.17) is 21.3 Å². The molecule has 0 bridgehead atoms. The highest BCUT2D eigenvalue weighted by molar-refractivity contribution is 6.36. The molecule has 4 fully saturated rings. The zero-order valence-corrected chi connectivity index (χ0v) is 28.8. The first-order valence-corrected chi connectivity index (χ1v) is 17.7. The van der Waals surface area contributed by atoms with Gasteiger partial charge in [-0.25, -0.2) is 13.2 Å². The van der Waals surface area contributed by atoms with Crippen molar-refractivity contribution >= 4 is 39.6 Å². The molecule has 2 aromatic heterocycles. The Bertz CT molecular complexity index is 2030. The number of aromatic nitrogens is 3. The molecule has 1 N–H and O–H groups in total. The number of likely N-dealkylation sites (tertiary alicyclic amines) is 2. The number of pyridine rings is 1. The number of hydrogen-bond acceptors (Lipinski definition) is 9. The van der Waals surface area contributed by atoms with E-state index < -0.39 is 29.0 Å². The minimum atomic E-state index is -0.957. The van der Waals surface area contributed by atoms with Crippen LogP contribution in [-0.4, -0.2) is 101 Å². The van der Waals surface area contributed by atoms with Crippen molar-refractivity contribution in [2.24, 2.45) is 0 Å². The molecule has 0 aliphatic carbocycles. The van der Waals surface area contributed by atoms with Crippen molar-refractivity contribution in [3.05, 3.63) is 70.7 Å². The first kappa shape index (κ1) is 33.3. The summed E-state index contributed by atoms with van der Waals surface area (Å²) >= 11 is 6.46. The fourth-order valence-corrected chi connectivity index (χ4v) is 9.17. The standard InChI is InChI=1S/C37H39ClF3N7O2/c1-42-37(13-5-15-48(37)28(11-17-49)27-10-16-46(27)2)34-25-19-43-32(24-7-3-6-22-8-9-26(40)30(38)29(22)24)31(41)33(25)44-35(45-34)50-21-36-12-4-14-47(36)20-23(39)18-36/h3,6-9,11,17,19,23,27,42H,4-5,10,12-16,18,20-21H2,1-2H3/t23-,27+,36+,37-/m1/s1. The van der Waals surface area contributed by atoms with E-state index in [1.807, 2.05) is 14.1 Å². The summed E-state index contributed by atoms with van der Waals surface area (Å²) in [5.41, 5.74) is 0.157. The fourth-order valence-electron chi connectivity index (χ4n) is 8.89. The van der Waals surface area contributed by atoms with Crippen LogP contribution in [0, 0.1) is 11.6 Å². The molecule has 50 heavy (non-hydrogen) atoms. The summed E-state index contributed by atoms with van der Waals surface area (Å²) in [6.07, 6.45) is 7.39. The smallest absolute Gasteiger partial charge is 0.317 e. The van der Waals surface area contributed by atoms with Gasteiger partial charge in [0.05, 0.1) is 22.3 Å². The number of alkyl halides is 1. The van der Waals surface area contributed by atoms with Crippen LogP contribution in [0.2, 0.25) is 5.02 Å². The maximum atomic E-state index is 17.1. The molecule has 0 radical (unpaired) electrons. The van der Waals surface area contributed by atoms with E-state index in [1.54, 1.807) is 36.5 Å². The molecular formula is C37H39ClF3N7O2. The van der Waals surface area contributed by atoms with Gasteiger partial charge in [0.15, 0.2) is 5.82 Å². The van der Waals surface area contributed by atoms with Crippen molar-refractivity contribution in [1.82, 2.24) is 35.0 Å². The number of nitrogens with zero attached hydrogens (tertiary/aromatic N) is 6. The Morgan fingerprint density at radius 3 is 2.74 bits per heavy atom. The summed E-state index contributed by atoms with van der Waals surface area (Å²) in [5.74, 6) is -1.35. The topological polar surface area (TPSA) is 86.7 Å². The van der Waals surface area contributed by atoms with Crippen molar-refractivity contribution in [3.63, 3.8) is 0 Å². The van der Waals surface area contributed by atoms with Crippen LogP contribution in [0.4, 0.5) is 13.2 Å². The summed E-state index contributed by atoms with van der Waals surface area (Å²) in [5, 5.41) is 4.73. The summed E-state index contributed by atoms with van der Waals surface area (Å²) in [6.45, 7) is 2.87. The lowest BCUT2D eigenvalue weighted by Gasteiger charge is -2.48. The molecule has 0 unspecified atom stereocenters. The second kappa shape index (κ2) is 12.7. The minimum absolute atomic E-state index is 0.0155. The minimum Gasteiger partial charge on any atom is -0.461 e. The van der Waals surface area contributed by atoms with E-state index in [9.17, 15) is 13.6 Å². The number of halogens is 4. The lowest BCUT2D eigenvalue weighted by atomic mass is 9.93. The molecule has 13 heteroatoms. The first-order chi connectivity index (χ1) is 24.2. The second-order valence-corrected chi connectivity index (χ2v) is 14.4. The lowest BCUT2D eigenvalue weighted by Crippen LogP contribution is -2.57. The highest BCUT2D eigenvalue weighted by Crippen LogP contribution is 2.46. The largest absolute Gasteiger partial charge is 0.461 e. The Kier molecular flexibility index (Phi) is 8.48. The van der Waals surface area contributed by atoms with Gasteiger partial charge in [0.25, 0.3) is 0 Å². The van der Waals surface area contributed by atoms with Crippen LogP contribution in [0.1, 0.15) is 44.2 Å². The van der Waals surface area contributed by atoms with Crippen LogP contribution in [0.25, 0.3) is 32.9 Å². The van der Waals surface area contributed by atoms with Crippen LogP contribution in [0.3, 0.4) is 0 Å². The van der Waals surface area contributed by atoms with Gasteiger partial charge in [0.1, 0.15) is 41.8 Å². The van der Waals surface area contributed by atoms with Crippen molar-refractivity contribution in [3.8, 4) is 17.3 Å². The normalized spacial score (nSPS) is 27.3. The molecule has 4 atom stereocenters. The maximum Gasteiger partial charge on any atom is 0.317 e. The van der Waals surface area contributed by atoms with E-state index in [-0.39, 0.29) is 34.9 Å². The molecule has 0 saturated carbocycles. The quantitative estimate of drug-likeness (QED) is 0.167. The summed E-state index contributed by atoms with van der Waals surface area (Å²) < 4.78 is 52.8. The van der Waals surface area contributed by atoms with Crippen molar-refractivity contribution in [2.45, 2.75) is 61.9 Å². The van der Waals surface area contributed by atoms with Gasteiger partial charge in [-0.1, -0.05) is 35.9 Å². The maximum absolute atomic E-state index is 17.1. The van der Waals surface area contributed by atoms with E-state index in [0.29, 0.717) is 53.3 Å². The molecule has 0 amide bonds. The zero-order chi connectivity index (χ0) is 34.8. The van der Waals surface area contributed by atoms with Crippen molar-refractivity contribution in [2.75, 3.05) is 46.9 Å². The average Bonchev–Trinajstić information content (AvgIpc) is 3.80. The number of hydrogen-bond donors (Lipinski definition) is 1. The van der Waals surface area contributed by atoms with E-state index in [1.165, 1.54) is 6.07 Å². The predicted octanol–water partition coefficient (Wildman–Crippen LogP) is 5.99. The monoisotopic (exact) mass is 705 g/mol. The number of allylic oxidation sites excluding steroid dienone is 1. The van der Waals surface area contributed by atoms with Gasteiger partial charge in [-0.15, -0.1) is 0 Å². The third-order valence-corrected chi connectivity index (χ3v) is 11.8. The number of rotatable bonds is 9. The number of nitrogens with one attached hydrogen (secondary N) is 1. The van der Waals surface area contributed by atoms with E-state index in [0.717, 1.165) is 50.8 Å². The van der Waals surface area contributed by atoms with Gasteiger partial charge in [0.2, 0.25) is 0 Å². The molecule has 2 aromatic carbocycles. The third kappa shape index (κ3) is 5.17. The van der Waals surface area contributed by atoms with Crippen LogP contribution < -0.4 is 10.1 Å². The van der Waals surface area contributed by atoms with Gasteiger partial charge >= 0.3 is 6.01 Å². The van der Waals surface area contributed by atoms with Crippen LogP contribution >= 0.6 is 11.6 Å². The average molecular weight is 706 g/mol.